The fraction of sp³-hybridized carbons (Fsp3) is 0.258. The molecule has 0 radical (unpaired) electrons. The number of nitrogens with zero attached hydrogens (tertiary/aromatic N) is 1. The maximum Gasteiger partial charge on any atom is 0.310 e. The number of halogens is 1. The minimum absolute atomic E-state index is 0.0766. The number of aliphatic hydroxyl groups is 1. The Morgan fingerprint density at radius 1 is 1.05 bits per heavy atom. The van der Waals surface area contributed by atoms with Crippen molar-refractivity contribution in [1.82, 2.24) is 0 Å². The molecule has 1 atom stereocenters. The topological polar surface area (TPSA) is 93.1 Å². The zero-order chi connectivity index (χ0) is 28.3. The summed E-state index contributed by atoms with van der Waals surface area (Å²) in [5.74, 6) is -1.89. The van der Waals surface area contributed by atoms with Crippen LogP contribution in [0.1, 0.15) is 49.1 Å². The molecule has 3 aromatic carbocycles. The van der Waals surface area contributed by atoms with Gasteiger partial charge >= 0.3 is 5.97 Å². The Hall–Kier alpha value is -4.10. The van der Waals surface area contributed by atoms with E-state index in [-0.39, 0.29) is 40.4 Å². The molecule has 0 saturated carbocycles. The van der Waals surface area contributed by atoms with Crippen LogP contribution in [0.2, 0.25) is 5.02 Å². The van der Waals surface area contributed by atoms with Gasteiger partial charge in [0.2, 0.25) is 0 Å². The molecule has 1 unspecified atom stereocenters. The molecule has 0 aromatic heterocycles. The molecule has 202 valence electrons. The molecule has 1 amide bonds. The average Bonchev–Trinajstić information content (AvgIpc) is 3.15. The molecule has 0 aliphatic carbocycles. The summed E-state index contributed by atoms with van der Waals surface area (Å²) in [4.78, 5) is 40.4. The lowest BCUT2D eigenvalue weighted by Gasteiger charge is -2.26. The van der Waals surface area contributed by atoms with Crippen LogP contribution in [0.3, 0.4) is 0 Å². The van der Waals surface area contributed by atoms with Gasteiger partial charge in [0.25, 0.3) is 11.7 Å². The zero-order valence-electron chi connectivity index (χ0n) is 22.2. The van der Waals surface area contributed by atoms with Gasteiger partial charge in [-0.15, -0.1) is 0 Å². The highest BCUT2D eigenvalue weighted by molar-refractivity contribution is 6.52. The van der Waals surface area contributed by atoms with Gasteiger partial charge in [0.1, 0.15) is 11.5 Å². The Bertz CT molecular complexity index is 1440. The van der Waals surface area contributed by atoms with Crippen LogP contribution in [-0.4, -0.2) is 35.5 Å². The second-order valence-corrected chi connectivity index (χ2v) is 9.95. The maximum atomic E-state index is 13.5. The fourth-order valence-corrected chi connectivity index (χ4v) is 4.79. The quantitative estimate of drug-likeness (QED) is 0.157. The highest BCUT2D eigenvalue weighted by Crippen LogP contribution is 2.43. The van der Waals surface area contributed by atoms with Crippen molar-refractivity contribution < 1.29 is 29.0 Å². The van der Waals surface area contributed by atoms with Crippen LogP contribution in [0.4, 0.5) is 5.69 Å². The predicted octanol–water partition coefficient (Wildman–Crippen LogP) is 6.17. The average molecular weight is 548 g/mol. The summed E-state index contributed by atoms with van der Waals surface area (Å²) in [7, 11) is 0. The number of aryl methyl sites for hydroxylation is 1. The van der Waals surface area contributed by atoms with Gasteiger partial charge in [0.05, 0.1) is 35.8 Å². The summed E-state index contributed by atoms with van der Waals surface area (Å²) < 4.78 is 10.8. The molecule has 1 fully saturated rings. The molecule has 8 heteroatoms. The van der Waals surface area contributed by atoms with Crippen molar-refractivity contribution >= 4 is 40.7 Å². The van der Waals surface area contributed by atoms with Gasteiger partial charge in [0, 0.05) is 11.3 Å². The van der Waals surface area contributed by atoms with Crippen molar-refractivity contribution in [2.75, 3.05) is 11.5 Å². The number of anilines is 1. The second-order valence-electron chi connectivity index (χ2n) is 9.54. The number of esters is 1. The highest BCUT2D eigenvalue weighted by Gasteiger charge is 2.47. The Morgan fingerprint density at radius 2 is 1.77 bits per heavy atom. The first-order chi connectivity index (χ1) is 18.6. The Balaban J connectivity index is 1.82. The smallest absolute Gasteiger partial charge is 0.310 e. The van der Waals surface area contributed by atoms with Gasteiger partial charge in [-0.3, -0.25) is 19.3 Å². The van der Waals surface area contributed by atoms with Crippen LogP contribution in [0.25, 0.3) is 5.76 Å². The number of aliphatic hydroxyl groups excluding tert-OH is 1. The lowest BCUT2D eigenvalue weighted by atomic mass is 9.94. The van der Waals surface area contributed by atoms with E-state index in [2.05, 4.69) is 0 Å². The fourth-order valence-electron chi connectivity index (χ4n) is 4.59. The van der Waals surface area contributed by atoms with Gasteiger partial charge in [-0.05, 0) is 69.2 Å². The van der Waals surface area contributed by atoms with E-state index in [0.717, 1.165) is 5.56 Å². The minimum Gasteiger partial charge on any atom is -0.507 e. The summed E-state index contributed by atoms with van der Waals surface area (Å²) in [6, 6.07) is 18.1. The van der Waals surface area contributed by atoms with Crippen molar-refractivity contribution in [3.05, 3.63) is 99.6 Å². The third-order valence-corrected chi connectivity index (χ3v) is 6.57. The van der Waals surface area contributed by atoms with E-state index in [4.69, 9.17) is 21.1 Å². The Morgan fingerprint density at radius 3 is 2.41 bits per heavy atom. The molecule has 39 heavy (non-hydrogen) atoms. The standard InChI is InChI=1S/C31H30ClNO6/c1-5-38-23-13-14-25(32)24(17-23)29(35)27-28(21-8-6-7-19(4)15-21)33(31(37)30(27)36)22-11-9-20(10-12-22)16-26(34)39-18(2)3/h6-15,17-18,28,35H,5,16H2,1-4H3/b29-27+. The van der Waals surface area contributed by atoms with E-state index in [1.54, 1.807) is 62.4 Å². The van der Waals surface area contributed by atoms with Crippen LogP contribution in [0.5, 0.6) is 5.75 Å². The van der Waals surface area contributed by atoms with Gasteiger partial charge in [0.15, 0.2) is 0 Å². The van der Waals surface area contributed by atoms with Crippen molar-refractivity contribution in [3.8, 4) is 5.75 Å². The number of benzene rings is 3. The van der Waals surface area contributed by atoms with E-state index in [1.165, 1.54) is 4.90 Å². The first-order valence-electron chi connectivity index (χ1n) is 12.7. The lowest BCUT2D eigenvalue weighted by molar-refractivity contribution is -0.146. The van der Waals surface area contributed by atoms with E-state index in [1.807, 2.05) is 32.0 Å². The SMILES string of the molecule is CCOc1ccc(Cl)c(/C(O)=C2\C(=O)C(=O)N(c3ccc(CC(=O)OC(C)C)cc3)C2c2cccc(C)c2)c1. The number of amides is 1. The Labute approximate surface area is 232 Å². The second kappa shape index (κ2) is 11.7. The summed E-state index contributed by atoms with van der Waals surface area (Å²) in [6.07, 6.45) is -0.145. The summed E-state index contributed by atoms with van der Waals surface area (Å²) in [6.45, 7) is 7.70. The number of carbonyl (C=O) groups is 3. The normalized spacial score (nSPS) is 16.6. The summed E-state index contributed by atoms with van der Waals surface area (Å²) in [5.41, 5.74) is 2.83. The molecular formula is C31H30ClNO6. The number of hydrogen-bond acceptors (Lipinski definition) is 6. The molecule has 1 heterocycles. The van der Waals surface area contributed by atoms with E-state index in [9.17, 15) is 19.5 Å². The van der Waals surface area contributed by atoms with Crippen molar-refractivity contribution in [3.63, 3.8) is 0 Å². The first-order valence-corrected chi connectivity index (χ1v) is 13.1. The van der Waals surface area contributed by atoms with Crippen molar-refractivity contribution in [2.24, 2.45) is 0 Å². The number of rotatable bonds is 8. The molecule has 0 spiro atoms. The van der Waals surface area contributed by atoms with E-state index < -0.39 is 17.7 Å². The van der Waals surface area contributed by atoms with Crippen LogP contribution in [0, 0.1) is 6.92 Å². The van der Waals surface area contributed by atoms with E-state index in [0.29, 0.717) is 29.2 Å². The number of hydrogen-bond donors (Lipinski definition) is 1. The Kier molecular flexibility index (Phi) is 8.41. The minimum atomic E-state index is -0.909. The third kappa shape index (κ3) is 5.99. The predicted molar refractivity (Wildman–Crippen MR) is 150 cm³/mol. The van der Waals surface area contributed by atoms with Crippen LogP contribution < -0.4 is 9.64 Å². The molecule has 3 aromatic rings. The van der Waals surface area contributed by atoms with Gasteiger partial charge in [-0.2, -0.15) is 0 Å². The van der Waals surface area contributed by atoms with Crippen LogP contribution in [-0.2, 0) is 25.5 Å². The molecule has 1 aliphatic heterocycles. The summed E-state index contributed by atoms with van der Waals surface area (Å²) >= 11 is 6.42. The number of carbonyl (C=O) groups excluding carboxylic acids is 3. The van der Waals surface area contributed by atoms with Gasteiger partial charge in [-0.1, -0.05) is 53.6 Å². The molecule has 1 saturated heterocycles. The third-order valence-electron chi connectivity index (χ3n) is 6.24. The molecule has 1 aliphatic rings. The number of ether oxygens (including phenoxy) is 2. The lowest BCUT2D eigenvalue weighted by Crippen LogP contribution is -2.29. The number of ketones is 1. The van der Waals surface area contributed by atoms with Gasteiger partial charge < -0.3 is 14.6 Å². The monoisotopic (exact) mass is 547 g/mol. The van der Waals surface area contributed by atoms with Crippen molar-refractivity contribution in [2.45, 2.75) is 46.3 Å². The van der Waals surface area contributed by atoms with Crippen molar-refractivity contribution in [1.29, 1.82) is 0 Å². The number of Topliss-reactive ketones (excluding diaryl/α,β-unsaturated/α-hetero) is 1. The molecule has 4 rings (SSSR count). The largest absolute Gasteiger partial charge is 0.507 e. The first kappa shape index (κ1) is 27.9. The van der Waals surface area contributed by atoms with Crippen LogP contribution >= 0.6 is 11.6 Å². The molecular weight excluding hydrogens is 518 g/mol. The maximum absolute atomic E-state index is 13.5. The van der Waals surface area contributed by atoms with Gasteiger partial charge in [-0.25, -0.2) is 0 Å². The zero-order valence-corrected chi connectivity index (χ0v) is 23.0. The highest BCUT2D eigenvalue weighted by atomic mass is 35.5. The molecule has 0 bridgehead atoms. The van der Waals surface area contributed by atoms with Crippen LogP contribution in [0.15, 0.2) is 72.3 Å². The molecule has 7 nitrogen and oxygen atoms in total. The summed E-state index contributed by atoms with van der Waals surface area (Å²) in [5, 5.41) is 11.7. The molecule has 1 N–H and O–H groups in total. The van der Waals surface area contributed by atoms with E-state index >= 15 is 0 Å².